The summed E-state index contributed by atoms with van der Waals surface area (Å²) in [5.41, 5.74) is 0.945. The van der Waals surface area contributed by atoms with Crippen LogP contribution in [0, 0.1) is 0 Å². The summed E-state index contributed by atoms with van der Waals surface area (Å²) < 4.78 is 5.07. The summed E-state index contributed by atoms with van der Waals surface area (Å²) in [7, 11) is 1.62. The van der Waals surface area contributed by atoms with Crippen molar-refractivity contribution >= 4 is 12.0 Å². The number of benzene rings is 1. The molecule has 0 aliphatic rings. The molecule has 0 aromatic heterocycles. The molecule has 80 valence electrons. The Bertz CT molecular complexity index is 358. The van der Waals surface area contributed by atoms with Crippen molar-refractivity contribution in [2.45, 2.75) is 6.92 Å². The van der Waals surface area contributed by atoms with E-state index in [0.29, 0.717) is 6.54 Å². The second-order valence-electron chi connectivity index (χ2n) is 3.00. The number of amides is 1. The first-order valence-corrected chi connectivity index (χ1v) is 4.86. The molecular formula is C12H15NO2. The van der Waals surface area contributed by atoms with Crippen molar-refractivity contribution in [3.05, 3.63) is 35.9 Å². The van der Waals surface area contributed by atoms with E-state index in [9.17, 15) is 4.79 Å². The van der Waals surface area contributed by atoms with E-state index in [1.54, 1.807) is 13.2 Å². The summed E-state index contributed by atoms with van der Waals surface area (Å²) in [6.07, 6.45) is 3.27. The van der Waals surface area contributed by atoms with Crippen molar-refractivity contribution in [2.24, 2.45) is 0 Å². The molecule has 0 spiro atoms. The van der Waals surface area contributed by atoms with Crippen LogP contribution in [0.15, 0.2) is 30.3 Å². The van der Waals surface area contributed by atoms with Gasteiger partial charge in [-0.1, -0.05) is 12.1 Å². The average molecular weight is 205 g/mol. The zero-order valence-electron chi connectivity index (χ0n) is 8.99. The number of carbonyl (C=O) groups excluding carboxylic acids is 1. The molecule has 1 rings (SSSR count). The summed E-state index contributed by atoms with van der Waals surface area (Å²) in [6, 6.07) is 7.54. The quantitative estimate of drug-likeness (QED) is 0.762. The Morgan fingerprint density at radius 1 is 1.53 bits per heavy atom. The van der Waals surface area contributed by atoms with E-state index in [1.165, 1.54) is 6.08 Å². The standard InChI is InChI=1S/C12H15NO2/c1-3-13-12(14)8-7-10-5-4-6-11(9-10)15-2/h4-9H,3H2,1-2H3,(H,13,14)/b8-7-. The van der Waals surface area contributed by atoms with Gasteiger partial charge in [0.25, 0.3) is 0 Å². The minimum atomic E-state index is -0.0830. The van der Waals surface area contributed by atoms with Crippen LogP contribution in [0.1, 0.15) is 12.5 Å². The van der Waals surface area contributed by atoms with E-state index in [2.05, 4.69) is 5.32 Å². The van der Waals surface area contributed by atoms with Crippen molar-refractivity contribution in [3.63, 3.8) is 0 Å². The fourth-order valence-electron chi connectivity index (χ4n) is 1.15. The lowest BCUT2D eigenvalue weighted by Crippen LogP contribution is -2.19. The number of methoxy groups -OCH3 is 1. The molecule has 1 N–H and O–H groups in total. The predicted molar refractivity (Wildman–Crippen MR) is 60.7 cm³/mol. The van der Waals surface area contributed by atoms with E-state index >= 15 is 0 Å². The molecule has 0 fully saturated rings. The molecule has 3 nitrogen and oxygen atoms in total. The highest BCUT2D eigenvalue weighted by Crippen LogP contribution is 2.13. The molecule has 0 aliphatic heterocycles. The van der Waals surface area contributed by atoms with Crippen molar-refractivity contribution in [1.82, 2.24) is 5.32 Å². The van der Waals surface area contributed by atoms with Crippen LogP contribution in [-0.4, -0.2) is 19.6 Å². The monoisotopic (exact) mass is 205 g/mol. The molecule has 0 aliphatic carbocycles. The number of hydrogen-bond acceptors (Lipinski definition) is 2. The largest absolute Gasteiger partial charge is 0.497 e. The van der Waals surface area contributed by atoms with Gasteiger partial charge in [0, 0.05) is 12.6 Å². The fourth-order valence-corrected chi connectivity index (χ4v) is 1.15. The van der Waals surface area contributed by atoms with Gasteiger partial charge in [0.1, 0.15) is 5.75 Å². The normalized spacial score (nSPS) is 10.3. The van der Waals surface area contributed by atoms with Crippen molar-refractivity contribution in [2.75, 3.05) is 13.7 Å². The lowest BCUT2D eigenvalue weighted by molar-refractivity contribution is -0.116. The topological polar surface area (TPSA) is 38.3 Å². The lowest BCUT2D eigenvalue weighted by Gasteiger charge is -2.00. The number of ether oxygens (including phenoxy) is 1. The van der Waals surface area contributed by atoms with Crippen LogP contribution >= 0.6 is 0 Å². The Labute approximate surface area is 89.8 Å². The molecule has 0 saturated carbocycles. The Kier molecular flexibility index (Phi) is 4.41. The highest BCUT2D eigenvalue weighted by Gasteiger charge is 1.93. The van der Waals surface area contributed by atoms with Gasteiger partial charge in [-0.3, -0.25) is 4.79 Å². The Hall–Kier alpha value is -1.77. The Balaban J connectivity index is 2.67. The van der Waals surface area contributed by atoms with E-state index < -0.39 is 0 Å². The first kappa shape index (κ1) is 11.3. The van der Waals surface area contributed by atoms with Gasteiger partial charge in [-0.25, -0.2) is 0 Å². The summed E-state index contributed by atoms with van der Waals surface area (Å²) in [5, 5.41) is 2.69. The summed E-state index contributed by atoms with van der Waals surface area (Å²) in [6.45, 7) is 2.53. The first-order chi connectivity index (χ1) is 7.26. The molecule has 1 amide bonds. The number of nitrogens with one attached hydrogen (secondary N) is 1. The second kappa shape index (κ2) is 5.86. The Morgan fingerprint density at radius 2 is 2.33 bits per heavy atom. The third-order valence-electron chi connectivity index (χ3n) is 1.87. The lowest BCUT2D eigenvalue weighted by atomic mass is 10.2. The molecule has 1 aromatic rings. The van der Waals surface area contributed by atoms with E-state index in [0.717, 1.165) is 11.3 Å². The molecular weight excluding hydrogens is 190 g/mol. The van der Waals surface area contributed by atoms with Gasteiger partial charge < -0.3 is 10.1 Å². The van der Waals surface area contributed by atoms with Crippen LogP contribution in [-0.2, 0) is 4.79 Å². The molecule has 0 saturated heterocycles. The minimum Gasteiger partial charge on any atom is -0.497 e. The maximum Gasteiger partial charge on any atom is 0.243 e. The van der Waals surface area contributed by atoms with Crippen molar-refractivity contribution in [3.8, 4) is 5.75 Å². The third kappa shape index (κ3) is 3.85. The van der Waals surface area contributed by atoms with E-state index in [-0.39, 0.29) is 5.91 Å². The highest BCUT2D eigenvalue weighted by atomic mass is 16.5. The predicted octanol–water partition coefficient (Wildman–Crippen LogP) is 1.84. The molecule has 0 radical (unpaired) electrons. The minimum absolute atomic E-state index is 0.0830. The smallest absolute Gasteiger partial charge is 0.243 e. The van der Waals surface area contributed by atoms with Crippen LogP contribution < -0.4 is 10.1 Å². The molecule has 0 atom stereocenters. The van der Waals surface area contributed by atoms with Crippen LogP contribution in [0.3, 0.4) is 0 Å². The molecule has 0 bridgehead atoms. The molecule has 1 aromatic carbocycles. The molecule has 0 unspecified atom stereocenters. The molecule has 15 heavy (non-hydrogen) atoms. The van der Waals surface area contributed by atoms with E-state index in [4.69, 9.17) is 4.74 Å². The van der Waals surface area contributed by atoms with Crippen LogP contribution in [0.25, 0.3) is 6.08 Å². The Morgan fingerprint density at radius 3 is 3.00 bits per heavy atom. The van der Waals surface area contributed by atoms with Gasteiger partial charge in [-0.05, 0) is 30.7 Å². The van der Waals surface area contributed by atoms with Crippen LogP contribution in [0.2, 0.25) is 0 Å². The number of hydrogen-bond donors (Lipinski definition) is 1. The number of rotatable bonds is 4. The van der Waals surface area contributed by atoms with Gasteiger partial charge in [0.05, 0.1) is 7.11 Å². The maximum absolute atomic E-state index is 11.1. The number of carbonyl (C=O) groups is 1. The third-order valence-corrected chi connectivity index (χ3v) is 1.87. The van der Waals surface area contributed by atoms with Gasteiger partial charge in [0.2, 0.25) is 5.91 Å². The van der Waals surface area contributed by atoms with Gasteiger partial charge in [0.15, 0.2) is 0 Å². The summed E-state index contributed by atoms with van der Waals surface area (Å²) >= 11 is 0. The average Bonchev–Trinajstić information content (AvgIpc) is 2.27. The van der Waals surface area contributed by atoms with Crippen molar-refractivity contribution in [1.29, 1.82) is 0 Å². The number of likely N-dealkylation sites (N-methyl/N-ethyl adjacent to an activating group) is 1. The maximum atomic E-state index is 11.1. The summed E-state index contributed by atoms with van der Waals surface area (Å²) in [4.78, 5) is 11.1. The zero-order valence-corrected chi connectivity index (χ0v) is 8.99. The van der Waals surface area contributed by atoms with Gasteiger partial charge in [-0.15, -0.1) is 0 Å². The van der Waals surface area contributed by atoms with E-state index in [1.807, 2.05) is 31.2 Å². The van der Waals surface area contributed by atoms with Gasteiger partial charge >= 0.3 is 0 Å². The molecule has 0 heterocycles. The van der Waals surface area contributed by atoms with Gasteiger partial charge in [-0.2, -0.15) is 0 Å². The second-order valence-corrected chi connectivity index (χ2v) is 3.00. The fraction of sp³-hybridized carbons (Fsp3) is 0.250. The van der Waals surface area contributed by atoms with Crippen LogP contribution in [0.5, 0.6) is 5.75 Å². The first-order valence-electron chi connectivity index (χ1n) is 4.86. The van der Waals surface area contributed by atoms with Crippen LogP contribution in [0.4, 0.5) is 0 Å². The highest BCUT2D eigenvalue weighted by molar-refractivity contribution is 5.91. The van der Waals surface area contributed by atoms with Crippen molar-refractivity contribution < 1.29 is 9.53 Å². The zero-order chi connectivity index (χ0) is 11.1. The molecule has 3 heteroatoms. The SMILES string of the molecule is CCNC(=O)/C=C\c1cccc(OC)c1. The summed E-state index contributed by atoms with van der Waals surface area (Å²) in [5.74, 6) is 0.702.